The average molecular weight is 477 g/mol. The average Bonchev–Trinajstić information content (AvgIpc) is 3.15. The maximum atomic E-state index is 12.6. The lowest BCUT2D eigenvalue weighted by atomic mass is 10.2. The van der Waals surface area contributed by atoms with Gasteiger partial charge in [0, 0.05) is 20.6 Å². The first-order valence-corrected chi connectivity index (χ1v) is 11.1. The molecule has 3 rings (SSSR count). The van der Waals surface area contributed by atoms with Crippen molar-refractivity contribution in [2.45, 2.75) is 18.3 Å². The summed E-state index contributed by atoms with van der Waals surface area (Å²) in [6.45, 7) is 0.677. The van der Waals surface area contributed by atoms with E-state index in [-0.39, 0.29) is 18.3 Å². The fourth-order valence-corrected chi connectivity index (χ4v) is 3.94. The first-order valence-electron chi connectivity index (χ1n) is 9.76. The number of methoxy groups -OCH3 is 2. The van der Waals surface area contributed by atoms with Crippen molar-refractivity contribution in [3.05, 3.63) is 58.9 Å². The highest BCUT2D eigenvalue weighted by molar-refractivity contribution is 7.99. The number of aromatic nitrogens is 3. The Morgan fingerprint density at radius 3 is 2.56 bits per heavy atom. The zero-order valence-corrected chi connectivity index (χ0v) is 19.9. The lowest BCUT2D eigenvalue weighted by Gasteiger charge is -2.18. The number of amides is 1. The Kier molecular flexibility index (Phi) is 8.24. The fraction of sp³-hybridized carbons (Fsp3) is 0.318. The van der Waals surface area contributed by atoms with E-state index in [1.807, 2.05) is 41.9 Å². The van der Waals surface area contributed by atoms with Crippen LogP contribution in [0.2, 0.25) is 5.02 Å². The predicted molar refractivity (Wildman–Crippen MR) is 124 cm³/mol. The summed E-state index contributed by atoms with van der Waals surface area (Å²) in [5.74, 6) is 2.71. The Labute approximate surface area is 196 Å². The third-order valence-electron chi connectivity index (χ3n) is 4.74. The molecule has 0 bridgehead atoms. The topological polar surface area (TPSA) is 78.7 Å². The molecule has 8 nitrogen and oxygen atoms in total. The van der Waals surface area contributed by atoms with Gasteiger partial charge in [0.15, 0.2) is 22.5 Å². The molecule has 2 aromatic carbocycles. The molecular weight excluding hydrogens is 452 g/mol. The molecule has 0 aliphatic carbocycles. The number of rotatable bonds is 10. The third kappa shape index (κ3) is 5.86. The monoisotopic (exact) mass is 476 g/mol. The van der Waals surface area contributed by atoms with Crippen LogP contribution >= 0.6 is 23.4 Å². The van der Waals surface area contributed by atoms with Crippen molar-refractivity contribution in [3.63, 3.8) is 0 Å². The molecule has 10 heteroatoms. The van der Waals surface area contributed by atoms with Crippen LogP contribution in [0.1, 0.15) is 11.4 Å². The molecule has 1 heterocycles. The van der Waals surface area contributed by atoms with E-state index >= 15 is 0 Å². The molecule has 0 unspecified atom stereocenters. The summed E-state index contributed by atoms with van der Waals surface area (Å²) in [4.78, 5) is 14.3. The number of benzene rings is 2. The van der Waals surface area contributed by atoms with Gasteiger partial charge in [0.25, 0.3) is 0 Å². The van der Waals surface area contributed by atoms with Gasteiger partial charge in [0.2, 0.25) is 5.91 Å². The minimum Gasteiger partial charge on any atom is -0.493 e. The quantitative estimate of drug-likeness (QED) is 0.411. The highest BCUT2D eigenvalue weighted by Crippen LogP contribution is 2.28. The number of thioether (sulfide) groups is 1. The van der Waals surface area contributed by atoms with Crippen LogP contribution in [0.4, 0.5) is 0 Å². The van der Waals surface area contributed by atoms with E-state index in [0.29, 0.717) is 39.8 Å². The van der Waals surface area contributed by atoms with Crippen LogP contribution in [0.25, 0.3) is 0 Å². The SMILES string of the molecule is COc1ccc(CN(C)C(=O)CSc2nnc(COc3ccccc3Cl)n2C)cc1OC. The van der Waals surface area contributed by atoms with Crippen molar-refractivity contribution in [2.24, 2.45) is 7.05 Å². The first kappa shape index (κ1) is 23.7. The molecule has 0 saturated carbocycles. The summed E-state index contributed by atoms with van der Waals surface area (Å²) in [5, 5.41) is 9.50. The fourth-order valence-electron chi connectivity index (χ4n) is 2.88. The normalized spacial score (nSPS) is 10.7. The molecule has 0 N–H and O–H groups in total. The van der Waals surface area contributed by atoms with Crippen molar-refractivity contribution < 1.29 is 19.0 Å². The van der Waals surface area contributed by atoms with E-state index in [0.717, 1.165) is 5.56 Å². The van der Waals surface area contributed by atoms with Crippen molar-refractivity contribution in [3.8, 4) is 17.2 Å². The molecule has 3 aromatic rings. The molecule has 0 atom stereocenters. The molecule has 0 aliphatic rings. The van der Waals surface area contributed by atoms with E-state index in [1.54, 1.807) is 38.3 Å². The molecule has 1 aromatic heterocycles. The molecule has 32 heavy (non-hydrogen) atoms. The summed E-state index contributed by atoms with van der Waals surface area (Å²) in [5.41, 5.74) is 0.946. The van der Waals surface area contributed by atoms with Crippen molar-refractivity contribution in [1.82, 2.24) is 19.7 Å². The lowest BCUT2D eigenvalue weighted by Crippen LogP contribution is -2.27. The zero-order chi connectivity index (χ0) is 23.1. The van der Waals surface area contributed by atoms with Gasteiger partial charge in [-0.15, -0.1) is 10.2 Å². The number of halogens is 1. The highest BCUT2D eigenvalue weighted by atomic mass is 35.5. The van der Waals surface area contributed by atoms with Gasteiger partial charge in [-0.25, -0.2) is 0 Å². The molecular formula is C22H25ClN4O4S. The van der Waals surface area contributed by atoms with Crippen LogP contribution in [0.5, 0.6) is 17.2 Å². The second-order valence-corrected chi connectivity index (χ2v) is 8.25. The first-order chi connectivity index (χ1) is 15.4. The largest absolute Gasteiger partial charge is 0.493 e. The van der Waals surface area contributed by atoms with Crippen molar-refractivity contribution in [1.29, 1.82) is 0 Å². The summed E-state index contributed by atoms with van der Waals surface area (Å²) in [6, 6.07) is 12.8. The highest BCUT2D eigenvalue weighted by Gasteiger charge is 2.16. The van der Waals surface area contributed by atoms with Gasteiger partial charge in [-0.3, -0.25) is 4.79 Å². The number of para-hydroxylation sites is 1. The zero-order valence-electron chi connectivity index (χ0n) is 18.4. The minimum atomic E-state index is -0.0262. The van der Waals surface area contributed by atoms with E-state index < -0.39 is 0 Å². The number of hydrogen-bond donors (Lipinski definition) is 0. The van der Waals surface area contributed by atoms with Crippen molar-refractivity contribution in [2.75, 3.05) is 27.0 Å². The van der Waals surface area contributed by atoms with Crippen LogP contribution in [0, 0.1) is 0 Å². The minimum absolute atomic E-state index is 0.0262. The van der Waals surface area contributed by atoms with E-state index in [2.05, 4.69) is 10.2 Å². The number of nitrogens with zero attached hydrogens (tertiary/aromatic N) is 4. The Morgan fingerprint density at radius 2 is 1.84 bits per heavy atom. The second-order valence-electron chi connectivity index (χ2n) is 6.90. The Hall–Kier alpha value is -2.91. The van der Waals surface area contributed by atoms with E-state index in [1.165, 1.54) is 11.8 Å². The molecule has 0 radical (unpaired) electrons. The summed E-state index contributed by atoms with van der Waals surface area (Å²) >= 11 is 7.44. The van der Waals surface area contributed by atoms with Gasteiger partial charge >= 0.3 is 0 Å². The van der Waals surface area contributed by atoms with Gasteiger partial charge in [-0.1, -0.05) is 41.6 Å². The third-order valence-corrected chi connectivity index (χ3v) is 6.05. The van der Waals surface area contributed by atoms with Gasteiger partial charge in [-0.2, -0.15) is 0 Å². The van der Waals surface area contributed by atoms with Crippen molar-refractivity contribution >= 4 is 29.3 Å². The van der Waals surface area contributed by atoms with Crippen LogP contribution in [0.3, 0.4) is 0 Å². The van der Waals surface area contributed by atoms with Gasteiger partial charge < -0.3 is 23.7 Å². The van der Waals surface area contributed by atoms with E-state index in [9.17, 15) is 4.79 Å². The maximum absolute atomic E-state index is 12.6. The standard InChI is InChI=1S/C22H25ClN4O4S/c1-26(12-15-9-10-18(29-3)19(11-15)30-4)21(28)14-32-22-25-24-20(27(22)2)13-31-17-8-6-5-7-16(17)23/h5-11H,12-14H2,1-4H3. The number of carbonyl (C=O) groups excluding carboxylic acids is 1. The summed E-state index contributed by atoms with van der Waals surface area (Å²) in [7, 11) is 6.78. The second kappa shape index (κ2) is 11.1. The molecule has 0 saturated heterocycles. The number of ether oxygens (including phenoxy) is 3. The van der Waals surface area contributed by atoms with Gasteiger partial charge in [0.1, 0.15) is 12.4 Å². The summed E-state index contributed by atoms with van der Waals surface area (Å²) < 4.78 is 18.1. The summed E-state index contributed by atoms with van der Waals surface area (Å²) in [6.07, 6.45) is 0. The lowest BCUT2D eigenvalue weighted by molar-refractivity contribution is -0.127. The Morgan fingerprint density at radius 1 is 1.09 bits per heavy atom. The van der Waals surface area contributed by atoms with Gasteiger partial charge in [0.05, 0.1) is 25.0 Å². The number of hydrogen-bond acceptors (Lipinski definition) is 7. The van der Waals surface area contributed by atoms with Gasteiger partial charge in [-0.05, 0) is 29.8 Å². The molecule has 0 aliphatic heterocycles. The molecule has 170 valence electrons. The Bertz CT molecular complexity index is 1080. The molecule has 0 fully saturated rings. The number of carbonyl (C=O) groups is 1. The van der Waals surface area contributed by atoms with Crippen LogP contribution in [-0.4, -0.2) is 52.6 Å². The molecule has 0 spiro atoms. The molecule has 1 amide bonds. The Balaban J connectivity index is 1.54. The van der Waals surface area contributed by atoms with E-state index in [4.69, 9.17) is 25.8 Å². The maximum Gasteiger partial charge on any atom is 0.233 e. The predicted octanol–water partition coefficient (Wildman–Crippen LogP) is 3.82. The van der Waals surface area contributed by atoms with Crippen LogP contribution in [0.15, 0.2) is 47.6 Å². The van der Waals surface area contributed by atoms with Crippen LogP contribution in [-0.2, 0) is 25.0 Å². The smallest absolute Gasteiger partial charge is 0.233 e. The van der Waals surface area contributed by atoms with Crippen LogP contribution < -0.4 is 14.2 Å².